The van der Waals surface area contributed by atoms with Gasteiger partial charge in [0.15, 0.2) is 6.61 Å². The summed E-state index contributed by atoms with van der Waals surface area (Å²) in [7, 11) is 0. The third-order valence-corrected chi connectivity index (χ3v) is 4.68. The normalized spacial score (nSPS) is 14.3. The van der Waals surface area contributed by atoms with Gasteiger partial charge in [-0.05, 0) is 56.0 Å². The Bertz CT molecular complexity index is 861. The predicted molar refractivity (Wildman–Crippen MR) is 114 cm³/mol. The van der Waals surface area contributed by atoms with Crippen LogP contribution in [0.1, 0.15) is 29.5 Å². The van der Waals surface area contributed by atoms with E-state index in [0.717, 1.165) is 47.6 Å². The molecule has 0 fully saturated rings. The summed E-state index contributed by atoms with van der Waals surface area (Å²) in [6, 6.07) is 13.9. The largest absolute Gasteiger partial charge is 0.490 e. The van der Waals surface area contributed by atoms with E-state index in [1.165, 1.54) is 5.56 Å². The fraction of sp³-hybridized carbons (Fsp3) is 0.318. The second-order valence-corrected chi connectivity index (χ2v) is 7.48. The van der Waals surface area contributed by atoms with Gasteiger partial charge in [-0.25, -0.2) is 0 Å². The number of hydrogen-bond donors (Lipinski definition) is 0. The van der Waals surface area contributed by atoms with Crippen molar-refractivity contribution in [2.45, 2.75) is 26.2 Å². The van der Waals surface area contributed by atoms with Gasteiger partial charge in [0.1, 0.15) is 29.2 Å². The summed E-state index contributed by atoms with van der Waals surface area (Å²) in [6.45, 7) is 3.20. The van der Waals surface area contributed by atoms with Gasteiger partial charge in [-0.2, -0.15) is 0 Å². The van der Waals surface area contributed by atoms with Crippen LogP contribution in [0.25, 0.3) is 0 Å². The third-order valence-electron chi connectivity index (χ3n) is 4.37. The number of rotatable bonds is 8. The van der Waals surface area contributed by atoms with Crippen molar-refractivity contribution in [1.82, 2.24) is 0 Å². The van der Waals surface area contributed by atoms with Gasteiger partial charge in [-0.1, -0.05) is 52.6 Å². The molecule has 6 heteroatoms. The standard InChI is InChI=1S/C22H23Cl2NO3/c1-16-5-2-6-17(15-16)26-13-14-28-25-20-9-3-8-19-18(20)7-4-10-21(19)27-12-11-22(23)24/h2,4-7,10-11,15H,3,8-9,12-14H2,1H3/b25-20+. The second-order valence-electron chi connectivity index (χ2n) is 6.48. The average Bonchev–Trinajstić information content (AvgIpc) is 2.68. The summed E-state index contributed by atoms with van der Waals surface area (Å²) in [4.78, 5) is 5.51. The molecule has 1 aliphatic carbocycles. The molecular formula is C22H23Cl2NO3. The number of oxime groups is 1. The van der Waals surface area contributed by atoms with E-state index in [1.54, 1.807) is 6.08 Å². The summed E-state index contributed by atoms with van der Waals surface area (Å²) in [5, 5.41) is 4.35. The highest BCUT2D eigenvalue weighted by Crippen LogP contribution is 2.30. The van der Waals surface area contributed by atoms with Crippen molar-refractivity contribution in [3.63, 3.8) is 0 Å². The highest BCUT2D eigenvalue weighted by molar-refractivity contribution is 6.55. The maximum absolute atomic E-state index is 5.80. The van der Waals surface area contributed by atoms with Crippen molar-refractivity contribution in [3.8, 4) is 11.5 Å². The molecule has 0 unspecified atom stereocenters. The Hall–Kier alpha value is -2.17. The van der Waals surface area contributed by atoms with Crippen LogP contribution < -0.4 is 9.47 Å². The Morgan fingerprint density at radius 2 is 1.93 bits per heavy atom. The zero-order chi connectivity index (χ0) is 19.8. The highest BCUT2D eigenvalue weighted by atomic mass is 35.5. The van der Waals surface area contributed by atoms with Gasteiger partial charge >= 0.3 is 0 Å². The molecule has 0 saturated heterocycles. The number of halogens is 2. The van der Waals surface area contributed by atoms with Crippen molar-refractivity contribution in [1.29, 1.82) is 0 Å². The fourth-order valence-electron chi connectivity index (χ4n) is 3.11. The minimum Gasteiger partial charge on any atom is -0.490 e. The van der Waals surface area contributed by atoms with Crippen LogP contribution in [0.15, 0.2) is 58.2 Å². The van der Waals surface area contributed by atoms with Gasteiger partial charge in [0.25, 0.3) is 0 Å². The Morgan fingerprint density at radius 3 is 2.75 bits per heavy atom. The number of nitrogens with zero attached hydrogens (tertiary/aromatic N) is 1. The molecule has 0 spiro atoms. The molecular weight excluding hydrogens is 397 g/mol. The molecule has 2 aromatic carbocycles. The van der Waals surface area contributed by atoms with Crippen LogP contribution in [0, 0.1) is 6.92 Å². The molecule has 28 heavy (non-hydrogen) atoms. The van der Waals surface area contributed by atoms with E-state index in [9.17, 15) is 0 Å². The van der Waals surface area contributed by atoms with E-state index in [0.29, 0.717) is 19.8 Å². The number of fused-ring (bicyclic) bond motifs is 1. The van der Waals surface area contributed by atoms with E-state index in [1.807, 2.05) is 43.3 Å². The van der Waals surface area contributed by atoms with E-state index >= 15 is 0 Å². The lowest BCUT2D eigenvalue weighted by atomic mass is 9.89. The zero-order valence-corrected chi connectivity index (χ0v) is 17.3. The van der Waals surface area contributed by atoms with Crippen molar-refractivity contribution < 1.29 is 14.3 Å². The molecule has 0 radical (unpaired) electrons. The minimum absolute atomic E-state index is 0.202. The van der Waals surface area contributed by atoms with Crippen LogP contribution in [-0.2, 0) is 11.3 Å². The fourth-order valence-corrected chi connectivity index (χ4v) is 3.24. The monoisotopic (exact) mass is 419 g/mol. The first-order valence-corrected chi connectivity index (χ1v) is 10.0. The Morgan fingerprint density at radius 1 is 1.07 bits per heavy atom. The maximum Gasteiger partial charge on any atom is 0.151 e. The van der Waals surface area contributed by atoms with Crippen molar-refractivity contribution >= 4 is 28.9 Å². The van der Waals surface area contributed by atoms with Crippen LogP contribution in [0.2, 0.25) is 0 Å². The van der Waals surface area contributed by atoms with Crippen molar-refractivity contribution in [3.05, 3.63) is 69.7 Å². The van der Waals surface area contributed by atoms with Gasteiger partial charge in [0, 0.05) is 11.1 Å². The smallest absolute Gasteiger partial charge is 0.151 e. The zero-order valence-electron chi connectivity index (χ0n) is 15.8. The lowest BCUT2D eigenvalue weighted by Crippen LogP contribution is -2.15. The summed E-state index contributed by atoms with van der Waals surface area (Å²) in [6.07, 6.45) is 4.45. The number of hydrogen-bond acceptors (Lipinski definition) is 4. The van der Waals surface area contributed by atoms with Crippen LogP contribution in [-0.4, -0.2) is 25.5 Å². The predicted octanol–water partition coefficient (Wildman–Crippen LogP) is 5.83. The quantitative estimate of drug-likeness (QED) is 0.399. The average molecular weight is 420 g/mol. The summed E-state index contributed by atoms with van der Waals surface area (Å²) < 4.78 is 11.7. The first kappa shape index (κ1) is 20.6. The van der Waals surface area contributed by atoms with Crippen molar-refractivity contribution in [2.24, 2.45) is 5.16 Å². The topological polar surface area (TPSA) is 40.0 Å². The van der Waals surface area contributed by atoms with E-state index < -0.39 is 0 Å². The van der Waals surface area contributed by atoms with Crippen LogP contribution in [0.4, 0.5) is 0 Å². The number of ether oxygens (including phenoxy) is 2. The molecule has 0 aliphatic heterocycles. The first-order valence-electron chi connectivity index (χ1n) is 9.28. The molecule has 0 heterocycles. The van der Waals surface area contributed by atoms with Gasteiger partial charge in [0.2, 0.25) is 0 Å². The van der Waals surface area contributed by atoms with Gasteiger partial charge in [-0.3, -0.25) is 0 Å². The highest BCUT2D eigenvalue weighted by Gasteiger charge is 2.19. The molecule has 0 saturated carbocycles. The minimum atomic E-state index is 0.202. The molecule has 0 aromatic heterocycles. The number of benzene rings is 2. The van der Waals surface area contributed by atoms with Gasteiger partial charge in [-0.15, -0.1) is 0 Å². The molecule has 148 valence electrons. The van der Waals surface area contributed by atoms with Crippen molar-refractivity contribution in [2.75, 3.05) is 19.8 Å². The SMILES string of the molecule is Cc1cccc(OCCO/N=C2\CCCc3c(OCC=C(Cl)Cl)cccc32)c1. The van der Waals surface area contributed by atoms with Gasteiger partial charge in [0.05, 0.1) is 5.71 Å². The summed E-state index contributed by atoms with van der Waals surface area (Å²) >= 11 is 11.3. The molecule has 1 aliphatic rings. The van der Waals surface area contributed by atoms with Gasteiger partial charge < -0.3 is 14.3 Å². The maximum atomic E-state index is 5.80. The molecule has 2 aromatic rings. The lowest BCUT2D eigenvalue weighted by molar-refractivity contribution is 0.106. The molecule has 0 bridgehead atoms. The summed E-state index contributed by atoms with van der Waals surface area (Å²) in [5.74, 6) is 1.67. The number of aryl methyl sites for hydroxylation is 1. The first-order chi connectivity index (χ1) is 13.6. The Balaban J connectivity index is 1.58. The Labute approximate surface area is 175 Å². The van der Waals surface area contributed by atoms with E-state index in [2.05, 4.69) is 11.2 Å². The van der Waals surface area contributed by atoms with Crippen LogP contribution in [0.5, 0.6) is 11.5 Å². The Kier molecular flexibility index (Phi) is 7.63. The van der Waals surface area contributed by atoms with E-state index in [-0.39, 0.29) is 4.49 Å². The molecule has 0 amide bonds. The summed E-state index contributed by atoms with van der Waals surface area (Å²) in [5.41, 5.74) is 4.32. The lowest BCUT2D eigenvalue weighted by Gasteiger charge is -2.20. The second kappa shape index (κ2) is 10.4. The van der Waals surface area contributed by atoms with Crippen LogP contribution >= 0.6 is 23.2 Å². The molecule has 3 rings (SSSR count). The molecule has 4 nitrogen and oxygen atoms in total. The van der Waals surface area contributed by atoms with E-state index in [4.69, 9.17) is 37.5 Å². The third kappa shape index (κ3) is 5.91. The molecule has 0 atom stereocenters. The van der Waals surface area contributed by atoms with Crippen LogP contribution in [0.3, 0.4) is 0 Å². The molecule has 0 N–H and O–H groups in total.